The first-order valence-electron chi connectivity index (χ1n) is 8.89. The summed E-state index contributed by atoms with van der Waals surface area (Å²) in [5.74, 6) is -0.258. The Balaban J connectivity index is 3.24. The SMILES string of the molecule is COC(=O)C(CCCCN)N(CCC(C)C)S(=O)(=O)c1ccc(N)cc1. The lowest BCUT2D eigenvalue weighted by molar-refractivity contribution is -0.145. The Hall–Kier alpha value is -1.64. The zero-order valence-corrected chi connectivity index (χ0v) is 16.7. The summed E-state index contributed by atoms with van der Waals surface area (Å²) in [6.07, 6.45) is 2.37. The second-order valence-electron chi connectivity index (χ2n) is 6.69. The van der Waals surface area contributed by atoms with Gasteiger partial charge in [-0.3, -0.25) is 4.79 Å². The van der Waals surface area contributed by atoms with Crippen LogP contribution >= 0.6 is 0 Å². The second kappa shape index (κ2) is 10.5. The van der Waals surface area contributed by atoms with Gasteiger partial charge in [-0.2, -0.15) is 4.31 Å². The van der Waals surface area contributed by atoms with E-state index in [-0.39, 0.29) is 11.4 Å². The average molecular weight is 386 g/mol. The number of anilines is 1. The predicted octanol–water partition coefficient (Wildman–Crippen LogP) is 1.98. The van der Waals surface area contributed by atoms with Crippen LogP contribution in [0.5, 0.6) is 0 Å². The molecule has 0 radical (unpaired) electrons. The van der Waals surface area contributed by atoms with Crippen LogP contribution in [0.1, 0.15) is 39.5 Å². The van der Waals surface area contributed by atoms with E-state index in [2.05, 4.69) is 0 Å². The van der Waals surface area contributed by atoms with Crippen LogP contribution in [0.15, 0.2) is 29.2 Å². The molecular weight excluding hydrogens is 354 g/mol. The van der Waals surface area contributed by atoms with Crippen molar-refractivity contribution in [2.24, 2.45) is 11.7 Å². The molecule has 1 atom stereocenters. The minimum atomic E-state index is -3.86. The van der Waals surface area contributed by atoms with Gasteiger partial charge in [0.15, 0.2) is 0 Å². The van der Waals surface area contributed by atoms with Crippen molar-refractivity contribution in [1.29, 1.82) is 0 Å². The van der Waals surface area contributed by atoms with E-state index in [0.29, 0.717) is 43.8 Å². The summed E-state index contributed by atoms with van der Waals surface area (Å²) in [4.78, 5) is 12.5. The number of sulfonamides is 1. The molecule has 148 valence electrons. The molecular formula is C18H31N3O4S. The van der Waals surface area contributed by atoms with Gasteiger partial charge in [0, 0.05) is 12.2 Å². The summed E-state index contributed by atoms with van der Waals surface area (Å²) in [5.41, 5.74) is 11.7. The molecule has 26 heavy (non-hydrogen) atoms. The number of hydrogen-bond acceptors (Lipinski definition) is 6. The molecule has 0 amide bonds. The normalized spacial score (nSPS) is 13.2. The maximum absolute atomic E-state index is 13.2. The third-order valence-corrected chi connectivity index (χ3v) is 6.09. The molecule has 0 aliphatic heterocycles. The molecule has 1 aromatic carbocycles. The van der Waals surface area contributed by atoms with Crippen molar-refractivity contribution < 1.29 is 17.9 Å². The Bertz CT molecular complexity index is 660. The van der Waals surface area contributed by atoms with Gasteiger partial charge in [0.1, 0.15) is 6.04 Å². The van der Waals surface area contributed by atoms with Crippen LogP contribution in [0.3, 0.4) is 0 Å². The van der Waals surface area contributed by atoms with Crippen molar-refractivity contribution in [3.63, 3.8) is 0 Å². The number of carbonyl (C=O) groups excluding carboxylic acids is 1. The van der Waals surface area contributed by atoms with Gasteiger partial charge in [-0.05, 0) is 62.4 Å². The highest BCUT2D eigenvalue weighted by Crippen LogP contribution is 2.24. The summed E-state index contributed by atoms with van der Waals surface area (Å²) in [6, 6.07) is 5.13. The maximum atomic E-state index is 13.2. The number of methoxy groups -OCH3 is 1. The van der Waals surface area contributed by atoms with Crippen molar-refractivity contribution in [2.75, 3.05) is 25.9 Å². The predicted molar refractivity (Wildman–Crippen MR) is 103 cm³/mol. The Morgan fingerprint density at radius 1 is 1.15 bits per heavy atom. The smallest absolute Gasteiger partial charge is 0.324 e. The lowest BCUT2D eigenvalue weighted by Crippen LogP contribution is -2.46. The zero-order valence-electron chi connectivity index (χ0n) is 15.8. The summed E-state index contributed by atoms with van der Waals surface area (Å²) in [5, 5.41) is 0. The van der Waals surface area contributed by atoms with Gasteiger partial charge >= 0.3 is 5.97 Å². The largest absolute Gasteiger partial charge is 0.468 e. The summed E-state index contributed by atoms with van der Waals surface area (Å²) >= 11 is 0. The standard InChI is InChI=1S/C18H31N3O4S/c1-14(2)11-13-21(17(18(22)25-3)6-4-5-12-19)26(23,24)16-9-7-15(20)8-10-16/h7-10,14,17H,4-6,11-13,19-20H2,1-3H3. The van der Waals surface area contributed by atoms with E-state index in [1.54, 1.807) is 0 Å². The molecule has 0 saturated heterocycles. The van der Waals surface area contributed by atoms with Gasteiger partial charge in [-0.15, -0.1) is 0 Å². The molecule has 1 unspecified atom stereocenters. The zero-order chi connectivity index (χ0) is 19.7. The Morgan fingerprint density at radius 3 is 2.27 bits per heavy atom. The van der Waals surface area contributed by atoms with Crippen LogP contribution in [0.4, 0.5) is 5.69 Å². The minimum absolute atomic E-state index is 0.114. The lowest BCUT2D eigenvalue weighted by Gasteiger charge is -2.30. The first-order valence-corrected chi connectivity index (χ1v) is 10.3. The van der Waals surface area contributed by atoms with E-state index < -0.39 is 22.0 Å². The molecule has 0 saturated carbocycles. The number of nitrogen functional groups attached to an aromatic ring is 1. The van der Waals surface area contributed by atoms with Crippen molar-refractivity contribution in [1.82, 2.24) is 4.31 Å². The molecule has 0 aliphatic carbocycles. The third-order valence-electron chi connectivity index (χ3n) is 4.17. The van der Waals surface area contributed by atoms with E-state index in [0.717, 1.165) is 0 Å². The molecule has 7 nitrogen and oxygen atoms in total. The van der Waals surface area contributed by atoms with Gasteiger partial charge in [-0.1, -0.05) is 13.8 Å². The van der Waals surface area contributed by atoms with Crippen LogP contribution in [0.25, 0.3) is 0 Å². The summed E-state index contributed by atoms with van der Waals surface area (Å²) in [7, 11) is -2.59. The fourth-order valence-corrected chi connectivity index (χ4v) is 4.22. The van der Waals surface area contributed by atoms with Gasteiger partial charge in [0.2, 0.25) is 10.0 Å². The number of benzene rings is 1. The summed E-state index contributed by atoms with van der Waals surface area (Å²) in [6.45, 7) is 4.75. The first kappa shape index (κ1) is 22.4. The number of nitrogens with two attached hydrogens (primary N) is 2. The molecule has 0 aliphatic rings. The van der Waals surface area contributed by atoms with Crippen LogP contribution in [-0.2, 0) is 19.6 Å². The number of unbranched alkanes of at least 4 members (excludes halogenated alkanes) is 1. The first-order chi connectivity index (χ1) is 12.2. The van der Waals surface area contributed by atoms with Gasteiger partial charge < -0.3 is 16.2 Å². The number of carbonyl (C=O) groups is 1. The molecule has 0 aromatic heterocycles. The number of nitrogens with zero attached hydrogens (tertiary/aromatic N) is 1. The molecule has 8 heteroatoms. The van der Waals surface area contributed by atoms with E-state index in [1.165, 1.54) is 35.7 Å². The fourth-order valence-electron chi connectivity index (χ4n) is 2.60. The Morgan fingerprint density at radius 2 is 1.77 bits per heavy atom. The van der Waals surface area contributed by atoms with Gasteiger partial charge in [0.05, 0.1) is 12.0 Å². The molecule has 1 rings (SSSR count). The number of esters is 1. The van der Waals surface area contributed by atoms with Crippen LogP contribution in [-0.4, -0.2) is 44.9 Å². The number of ether oxygens (including phenoxy) is 1. The van der Waals surface area contributed by atoms with Crippen LogP contribution < -0.4 is 11.5 Å². The highest BCUT2D eigenvalue weighted by atomic mass is 32.2. The molecule has 1 aromatic rings. The van der Waals surface area contributed by atoms with Gasteiger partial charge in [0.25, 0.3) is 0 Å². The van der Waals surface area contributed by atoms with E-state index in [4.69, 9.17) is 16.2 Å². The molecule has 0 bridgehead atoms. The van der Waals surface area contributed by atoms with Crippen molar-refractivity contribution in [3.05, 3.63) is 24.3 Å². The lowest BCUT2D eigenvalue weighted by atomic mass is 10.1. The quantitative estimate of drug-likeness (QED) is 0.342. The maximum Gasteiger partial charge on any atom is 0.324 e. The fraction of sp³-hybridized carbons (Fsp3) is 0.611. The molecule has 0 fully saturated rings. The molecule has 0 heterocycles. The van der Waals surface area contributed by atoms with E-state index in [1.807, 2.05) is 13.8 Å². The monoisotopic (exact) mass is 385 g/mol. The highest BCUT2D eigenvalue weighted by Gasteiger charge is 2.36. The number of hydrogen-bond donors (Lipinski definition) is 2. The third kappa shape index (κ3) is 6.26. The van der Waals surface area contributed by atoms with E-state index in [9.17, 15) is 13.2 Å². The summed E-state index contributed by atoms with van der Waals surface area (Å²) < 4.78 is 32.6. The average Bonchev–Trinajstić information content (AvgIpc) is 2.59. The highest BCUT2D eigenvalue weighted by molar-refractivity contribution is 7.89. The Labute approximate surface area is 156 Å². The molecule has 4 N–H and O–H groups in total. The van der Waals surface area contributed by atoms with Crippen LogP contribution in [0.2, 0.25) is 0 Å². The van der Waals surface area contributed by atoms with E-state index >= 15 is 0 Å². The molecule has 0 spiro atoms. The second-order valence-corrected chi connectivity index (χ2v) is 8.58. The van der Waals surface area contributed by atoms with Crippen molar-refractivity contribution >= 4 is 21.7 Å². The number of rotatable bonds is 11. The topological polar surface area (TPSA) is 116 Å². The van der Waals surface area contributed by atoms with Crippen molar-refractivity contribution in [3.8, 4) is 0 Å². The van der Waals surface area contributed by atoms with Gasteiger partial charge in [-0.25, -0.2) is 8.42 Å². The van der Waals surface area contributed by atoms with Crippen molar-refractivity contribution in [2.45, 2.75) is 50.5 Å². The Kier molecular flexibility index (Phi) is 9.04. The minimum Gasteiger partial charge on any atom is -0.468 e. The van der Waals surface area contributed by atoms with Crippen LogP contribution in [0, 0.1) is 5.92 Å².